The summed E-state index contributed by atoms with van der Waals surface area (Å²) >= 11 is 0. The number of hydrazine groups is 1. The highest BCUT2D eigenvalue weighted by Gasteiger charge is 2.39. The Bertz CT molecular complexity index is 1370. The molecule has 1 aromatic carbocycles. The summed E-state index contributed by atoms with van der Waals surface area (Å²) in [6.07, 6.45) is 10.5. The van der Waals surface area contributed by atoms with Crippen molar-refractivity contribution < 1.29 is 33.1 Å². The number of rotatable bonds is 6. The maximum atomic E-state index is 14.2. The first kappa shape index (κ1) is 40.9. The van der Waals surface area contributed by atoms with Crippen molar-refractivity contribution in [2.24, 2.45) is 11.8 Å². The predicted molar refractivity (Wildman–Crippen MR) is 198 cm³/mol. The quantitative estimate of drug-likeness (QED) is 0.270. The second-order valence-electron chi connectivity index (χ2n) is 15.3. The molecule has 0 spiro atoms. The molecule has 0 saturated carbocycles. The molecule has 1 aromatic rings. The van der Waals surface area contributed by atoms with Crippen LogP contribution in [0.4, 0.5) is 0 Å². The molecule has 12 heteroatoms. The van der Waals surface area contributed by atoms with Crippen LogP contribution in [0.3, 0.4) is 0 Å². The Morgan fingerprint density at radius 3 is 2.36 bits per heavy atom. The summed E-state index contributed by atoms with van der Waals surface area (Å²) in [6, 6.07) is 5.04. The zero-order valence-corrected chi connectivity index (χ0v) is 32.5. The molecule has 278 valence electrons. The number of carbonyl (C=O) groups excluding carboxylic acids is 4. The zero-order valence-electron chi connectivity index (χ0n) is 31.5. The number of amides is 3. The first-order valence-electron chi connectivity index (χ1n) is 18.0. The van der Waals surface area contributed by atoms with Crippen molar-refractivity contribution in [3.63, 3.8) is 0 Å². The number of hydrogen-bond acceptors (Lipinski definition) is 8. The molecule has 2 bridgehead atoms. The Kier molecular flexibility index (Phi) is 15.3. The molecule has 5 atom stereocenters. The summed E-state index contributed by atoms with van der Waals surface area (Å²) in [7, 11) is -0.556. The SMILES string of the molecule is CO[C@@H]1CC/C=C/C=C/CCOC(=O)[C@@H]2CCCN(N2)C(=O)[C@H](Cc2cccc(O[Si](C)(C)C(C)(C)C)c2)NC(=O)[C@H](C(C)C)NC(=O)[C@@H]1C. The van der Waals surface area contributed by atoms with Crippen molar-refractivity contribution in [2.45, 2.75) is 122 Å². The van der Waals surface area contributed by atoms with E-state index in [1.807, 2.05) is 62.4 Å². The summed E-state index contributed by atoms with van der Waals surface area (Å²) in [5, 5.41) is 7.32. The molecule has 2 heterocycles. The Hall–Kier alpha value is -3.48. The van der Waals surface area contributed by atoms with E-state index >= 15 is 0 Å². The summed E-state index contributed by atoms with van der Waals surface area (Å²) in [5.74, 6) is -1.64. The fourth-order valence-electron chi connectivity index (χ4n) is 5.68. The molecule has 3 N–H and O–H groups in total. The van der Waals surface area contributed by atoms with Gasteiger partial charge in [0.05, 0.1) is 18.6 Å². The monoisotopic (exact) mass is 712 g/mol. The van der Waals surface area contributed by atoms with Gasteiger partial charge < -0.3 is 24.5 Å². The van der Waals surface area contributed by atoms with E-state index in [1.54, 1.807) is 14.0 Å². The summed E-state index contributed by atoms with van der Waals surface area (Å²) in [4.78, 5) is 54.7. The Balaban J connectivity index is 1.95. The standard InChI is InChI=1S/C38H60N4O7Si/c1-26(2)33-35(44)39-31(25-28-18-16-19-29(24-28)49-50(8,9)38(4,5)6)36(45)42-22-17-20-30(41-42)37(46)48-23-15-13-11-10-12-14-21-32(47-7)27(3)34(43)40-33/h10-13,16,18-19,24,26-27,30-33,41H,14-15,17,20-23,25H2,1-9H3,(H,39,44)(H,40,43)/b12-10+,13-11+/t27-,30+,31+,32-,33+/m1/s1. The Morgan fingerprint density at radius 2 is 1.70 bits per heavy atom. The molecule has 3 amide bonds. The molecule has 0 radical (unpaired) electrons. The van der Waals surface area contributed by atoms with Gasteiger partial charge in [-0.2, -0.15) is 0 Å². The van der Waals surface area contributed by atoms with E-state index < -0.39 is 44.2 Å². The fraction of sp³-hybridized carbons (Fsp3) is 0.632. The second kappa shape index (κ2) is 18.7. The first-order valence-corrected chi connectivity index (χ1v) is 20.9. The number of nitrogens with zero attached hydrogens (tertiary/aromatic N) is 1. The third-order valence-electron chi connectivity index (χ3n) is 9.92. The van der Waals surface area contributed by atoms with Gasteiger partial charge in [-0.25, -0.2) is 5.43 Å². The molecule has 1 fully saturated rings. The topological polar surface area (TPSA) is 135 Å². The number of esters is 1. The van der Waals surface area contributed by atoms with Gasteiger partial charge in [0.2, 0.25) is 20.1 Å². The predicted octanol–water partition coefficient (Wildman–Crippen LogP) is 5.22. The largest absolute Gasteiger partial charge is 0.543 e. The smallest absolute Gasteiger partial charge is 0.324 e. The van der Waals surface area contributed by atoms with Gasteiger partial charge >= 0.3 is 5.97 Å². The fourth-order valence-corrected chi connectivity index (χ4v) is 6.71. The van der Waals surface area contributed by atoms with Crippen molar-refractivity contribution in [1.82, 2.24) is 21.1 Å². The maximum Gasteiger partial charge on any atom is 0.324 e. The molecule has 0 unspecified atom stereocenters. The van der Waals surface area contributed by atoms with E-state index in [2.05, 4.69) is 49.9 Å². The van der Waals surface area contributed by atoms with E-state index in [0.29, 0.717) is 44.4 Å². The van der Waals surface area contributed by atoms with Crippen LogP contribution < -0.4 is 20.5 Å². The van der Waals surface area contributed by atoms with Gasteiger partial charge in [0.25, 0.3) is 5.91 Å². The minimum Gasteiger partial charge on any atom is -0.543 e. The number of allylic oxidation sites excluding steroid dienone is 3. The van der Waals surface area contributed by atoms with Crippen molar-refractivity contribution in [3.05, 3.63) is 54.1 Å². The van der Waals surface area contributed by atoms with Gasteiger partial charge in [0.15, 0.2) is 0 Å². The van der Waals surface area contributed by atoms with Crippen LogP contribution in [0.25, 0.3) is 0 Å². The zero-order chi connectivity index (χ0) is 37.1. The van der Waals surface area contributed by atoms with Gasteiger partial charge in [-0.1, -0.05) is 78.0 Å². The van der Waals surface area contributed by atoms with E-state index in [9.17, 15) is 19.2 Å². The lowest BCUT2D eigenvalue weighted by Crippen LogP contribution is -2.62. The lowest BCUT2D eigenvalue weighted by molar-refractivity contribution is -0.153. The van der Waals surface area contributed by atoms with Crippen molar-refractivity contribution >= 4 is 32.0 Å². The minimum atomic E-state index is -2.14. The van der Waals surface area contributed by atoms with Crippen LogP contribution in [0.2, 0.25) is 18.1 Å². The average Bonchev–Trinajstić information content (AvgIpc) is 3.05. The highest BCUT2D eigenvalue weighted by atomic mass is 28.4. The average molecular weight is 713 g/mol. The number of nitrogens with one attached hydrogen (secondary N) is 3. The van der Waals surface area contributed by atoms with E-state index in [0.717, 1.165) is 5.56 Å². The van der Waals surface area contributed by atoms with Crippen LogP contribution in [-0.2, 0) is 35.1 Å². The maximum absolute atomic E-state index is 14.2. The Labute approximate surface area is 300 Å². The molecular formula is C38H60N4O7Si. The first-order chi connectivity index (χ1) is 23.5. The highest BCUT2D eigenvalue weighted by Crippen LogP contribution is 2.37. The summed E-state index contributed by atoms with van der Waals surface area (Å²) in [6.45, 7) is 17.0. The molecule has 11 nitrogen and oxygen atoms in total. The van der Waals surface area contributed by atoms with Gasteiger partial charge in [0, 0.05) is 20.1 Å². The van der Waals surface area contributed by atoms with Gasteiger partial charge in [-0.15, -0.1) is 0 Å². The molecule has 0 aliphatic carbocycles. The minimum absolute atomic E-state index is 0.00654. The number of fused-ring (bicyclic) bond motifs is 2. The number of benzene rings is 1. The van der Waals surface area contributed by atoms with Crippen LogP contribution in [0.5, 0.6) is 5.75 Å². The lowest BCUT2D eigenvalue weighted by Gasteiger charge is -2.36. The van der Waals surface area contributed by atoms with Gasteiger partial charge in [0.1, 0.15) is 23.9 Å². The van der Waals surface area contributed by atoms with Crippen LogP contribution in [0, 0.1) is 11.8 Å². The lowest BCUT2D eigenvalue weighted by atomic mass is 9.96. The highest BCUT2D eigenvalue weighted by molar-refractivity contribution is 6.74. The molecular weight excluding hydrogens is 653 g/mol. The van der Waals surface area contributed by atoms with Crippen LogP contribution in [0.15, 0.2) is 48.6 Å². The number of cyclic esters (lactones) is 1. The summed E-state index contributed by atoms with van der Waals surface area (Å²) in [5.41, 5.74) is 3.87. The second-order valence-corrected chi connectivity index (χ2v) is 20.0. The summed E-state index contributed by atoms with van der Waals surface area (Å²) < 4.78 is 17.7. The number of carbonyl (C=O) groups is 4. The van der Waals surface area contributed by atoms with Crippen molar-refractivity contribution in [2.75, 3.05) is 20.3 Å². The molecule has 3 rings (SSSR count). The number of ether oxygens (including phenoxy) is 2. The van der Waals surface area contributed by atoms with Crippen LogP contribution in [-0.4, -0.2) is 81.5 Å². The van der Waals surface area contributed by atoms with Crippen molar-refractivity contribution in [3.8, 4) is 5.75 Å². The van der Waals surface area contributed by atoms with Gasteiger partial charge in [-0.3, -0.25) is 24.2 Å². The van der Waals surface area contributed by atoms with E-state index in [-0.39, 0.29) is 41.9 Å². The van der Waals surface area contributed by atoms with Crippen molar-refractivity contribution in [1.29, 1.82) is 0 Å². The van der Waals surface area contributed by atoms with E-state index in [4.69, 9.17) is 13.9 Å². The molecule has 0 aromatic heterocycles. The number of methoxy groups -OCH3 is 1. The number of hydrogen-bond donors (Lipinski definition) is 3. The van der Waals surface area contributed by atoms with Crippen LogP contribution in [0.1, 0.15) is 79.2 Å². The third kappa shape index (κ3) is 11.8. The van der Waals surface area contributed by atoms with Gasteiger partial charge in [-0.05, 0) is 73.9 Å². The molecule has 2 aliphatic heterocycles. The van der Waals surface area contributed by atoms with Crippen LogP contribution >= 0.6 is 0 Å². The molecule has 50 heavy (non-hydrogen) atoms. The normalized spacial score (nSPS) is 26.9. The van der Waals surface area contributed by atoms with E-state index in [1.165, 1.54) is 5.01 Å². The molecule has 2 aliphatic rings. The third-order valence-corrected chi connectivity index (χ3v) is 14.3. The Morgan fingerprint density at radius 1 is 1.00 bits per heavy atom. The molecule has 1 saturated heterocycles.